The van der Waals surface area contributed by atoms with Gasteiger partial charge in [-0.1, -0.05) is 36.4 Å². The Labute approximate surface area is 712 Å². The van der Waals surface area contributed by atoms with E-state index in [0.717, 1.165) is 34.2 Å². The molecule has 0 aromatic carbocycles. The maximum atomic E-state index is 14.2. The van der Waals surface area contributed by atoms with Crippen molar-refractivity contribution in [2.75, 3.05) is 86.1 Å². The number of pyridine rings is 6. The molecule has 6 aliphatic rings. The van der Waals surface area contributed by atoms with E-state index in [1.165, 1.54) is 0 Å². The fourth-order valence-electron chi connectivity index (χ4n) is 14.7. The first kappa shape index (κ1) is 97.7. The van der Waals surface area contributed by atoms with Crippen LogP contribution in [0.15, 0.2) is 146 Å². The number of halogens is 1. The number of amides is 1. The minimum Gasteiger partial charge on any atom is -0.480 e. The van der Waals surface area contributed by atoms with Crippen LogP contribution in [-0.4, -0.2) is 373 Å². The predicted molar refractivity (Wildman–Crippen MR) is 432 cm³/mol. The zero-order chi connectivity index (χ0) is 89.2. The molecular weight excluding hydrogens is 1620 g/mol. The Hall–Kier alpha value is -7.47. The molecule has 6 fully saturated rings. The van der Waals surface area contributed by atoms with E-state index >= 15 is 0 Å². The summed E-state index contributed by atoms with van der Waals surface area (Å²) in [7, 11) is -1.00. The lowest BCUT2D eigenvalue weighted by Crippen LogP contribution is -2.65. The molecule has 12 rings (SSSR count). The number of nitrogens with one attached hydrogen (secondary N) is 1. The van der Waals surface area contributed by atoms with E-state index in [4.69, 9.17) is 77.4 Å². The predicted octanol–water partition coefficient (Wildman–Crippen LogP) is -5.64. The highest BCUT2D eigenvalue weighted by atomic mass is 19.1. The van der Waals surface area contributed by atoms with Crippen molar-refractivity contribution < 1.29 is 129 Å². The van der Waals surface area contributed by atoms with Crippen LogP contribution in [0.5, 0.6) is 0 Å². The average molecular weight is 1740 g/mol. The molecule has 12 heterocycles. The summed E-state index contributed by atoms with van der Waals surface area (Å²) in [5, 5.41) is 132. The summed E-state index contributed by atoms with van der Waals surface area (Å²) in [5.74, 6) is -1.26. The number of rotatable bonds is 37. The van der Waals surface area contributed by atoms with Gasteiger partial charge in [-0.3, -0.25) is 63.5 Å². The largest absolute Gasteiger partial charge is 0.480 e. The lowest BCUT2D eigenvalue weighted by atomic mass is 9.96. The first-order valence-electron chi connectivity index (χ1n) is 41.3. The maximum Gasteiger partial charge on any atom is 0.317 e. The van der Waals surface area contributed by atoms with Gasteiger partial charge in [-0.2, -0.15) is 0 Å². The minimum atomic E-state index is -1.50. The van der Waals surface area contributed by atoms with Crippen molar-refractivity contribution in [2.24, 2.45) is 28.7 Å². The van der Waals surface area contributed by atoms with Crippen molar-refractivity contribution in [2.45, 2.75) is 224 Å². The van der Waals surface area contributed by atoms with Crippen LogP contribution in [-0.2, 0) is 96.2 Å². The van der Waals surface area contributed by atoms with Crippen LogP contribution < -0.4 is 34.0 Å². The summed E-state index contributed by atoms with van der Waals surface area (Å²) in [6, 6.07) is 28.9. The molecule has 123 heavy (non-hydrogen) atoms. The molecule has 0 bridgehead atoms. The summed E-state index contributed by atoms with van der Waals surface area (Å²) in [6.45, 7) is 2.25. The Bertz CT molecular complexity index is 3860. The van der Waals surface area contributed by atoms with Gasteiger partial charge in [0.15, 0.2) is 37.7 Å². The number of ether oxygens (including phenoxy) is 10. The smallest absolute Gasteiger partial charge is 0.317 e. The second-order valence-corrected chi connectivity index (χ2v) is 30.5. The molecule has 6 aliphatic heterocycles. The van der Waals surface area contributed by atoms with Gasteiger partial charge in [-0.25, -0.2) is 0 Å². The van der Waals surface area contributed by atoms with Crippen LogP contribution in [0.2, 0.25) is 0 Å². The van der Waals surface area contributed by atoms with E-state index in [-0.39, 0.29) is 38.8 Å². The molecule has 6 aromatic heterocycles. The van der Waals surface area contributed by atoms with Crippen LogP contribution in [0.25, 0.3) is 0 Å². The number of aliphatic hydroxyl groups excluding tert-OH is 12. The third kappa shape index (κ3) is 30.4. The van der Waals surface area contributed by atoms with Crippen molar-refractivity contribution in [3.8, 4) is 0 Å². The molecule has 41 nitrogen and oxygen atoms in total. The topological polar surface area (TPSA) is 622 Å². The third-order valence-corrected chi connectivity index (χ3v) is 21.3. The van der Waals surface area contributed by atoms with Crippen LogP contribution in [0, 0.1) is 0 Å². The van der Waals surface area contributed by atoms with Crippen LogP contribution >= 0.6 is 0 Å². The maximum absolute atomic E-state index is 14.2. The van der Waals surface area contributed by atoms with E-state index in [9.17, 15) is 80.4 Å². The van der Waals surface area contributed by atoms with E-state index in [1.54, 1.807) is 37.2 Å². The molecular formula is C81H121FN16O25. The number of alkyl halides is 1. The molecule has 0 saturated carbocycles. The second-order valence-electron chi connectivity index (χ2n) is 30.5. The fraction of sp³-hybridized carbons (Fsp3) is 0.605. The number of carboxylic acid groups (broad SMARTS) is 1. The molecule has 0 radical (unpaired) electrons. The molecule has 26 atom stereocenters. The Kier molecular flexibility index (Phi) is 40.8. The third-order valence-electron chi connectivity index (χ3n) is 21.3. The number of nitrogens with zero attached hydrogens (tertiary/aromatic N) is 10. The van der Waals surface area contributed by atoms with Gasteiger partial charge in [-0.15, -0.1) is 0 Å². The Balaban J connectivity index is 0.000000228. The highest BCUT2D eigenvalue weighted by Crippen LogP contribution is 2.34. The van der Waals surface area contributed by atoms with Gasteiger partial charge >= 0.3 is 5.97 Å². The summed E-state index contributed by atoms with van der Waals surface area (Å²) in [5.41, 5.74) is 35.5. The standard InChI is InChI=1S/C40H58N8O12.C22H25N5O2.C18H35N3O11.CH3F/c41-27-15-29(31(21-49)56-38(27)55)57-39-28(16-30(32(22-50)59-39)58-40-35(42)37(54)36(53)33(23-51)60-40)46-34(52)20-48(19-26-9-3-6-12-45-26)14-13-47(17-24-7-1-4-10-43-24)18-25-8-2-5-11-44-25;28-22(29)18-27(17-21-9-3-6-12-25-21)14-13-26(15-19-7-1-4-10-23-19)16-20-8-2-5-11-24-20;19-6-1-8(10(3-22)28-16(6)27)29-17-7(20)2-9(11(4-23)31-17)30-18-13(21)15(26)14(25)12(5-24)32-18;1-2/h1-12,27-33,35-40,49-51,53-55H,13-23,41-42H2,(H,46,52);1-12H,13-18H2,(H,28,29);6-18,22-27H,1-5,19-21H2;1H3/t27-,28-,29+,30+,31-,32-,33-,35-,36-,37-,38-,39-,40-;;6?,7?,8-,9-,10?,11?,12?,13?,14+,15+,16+,17+,18+;/m1.0./s1/i;;;1D. The monoisotopic (exact) mass is 1740 g/mol. The zero-order valence-electron chi connectivity index (χ0n) is 69.1. The average Bonchev–Trinajstić information content (AvgIpc) is 0.795. The number of aliphatic hydroxyl groups is 12. The van der Waals surface area contributed by atoms with Crippen LogP contribution in [0.1, 0.15) is 61.2 Å². The molecule has 42 heteroatoms. The fourth-order valence-corrected chi connectivity index (χ4v) is 14.7. The summed E-state index contributed by atoms with van der Waals surface area (Å²) in [4.78, 5) is 60.5. The molecule has 682 valence electrons. The number of carboxylic acids is 1. The van der Waals surface area contributed by atoms with Gasteiger partial charge in [0.2, 0.25) is 5.91 Å². The molecule has 6 unspecified atom stereocenters. The highest BCUT2D eigenvalue weighted by Gasteiger charge is 2.51. The van der Waals surface area contributed by atoms with Crippen molar-refractivity contribution >= 4 is 11.9 Å². The van der Waals surface area contributed by atoms with Crippen LogP contribution in [0.3, 0.4) is 0 Å². The van der Waals surface area contributed by atoms with Crippen molar-refractivity contribution in [1.29, 1.82) is 0 Å². The molecule has 1 amide bonds. The molecule has 6 aromatic rings. The van der Waals surface area contributed by atoms with Gasteiger partial charge in [0.05, 0.1) is 156 Å². The van der Waals surface area contributed by atoms with Gasteiger partial charge in [0, 0.05) is 109 Å². The van der Waals surface area contributed by atoms with Crippen molar-refractivity contribution in [3.63, 3.8) is 0 Å². The first-order chi connectivity index (χ1) is 59.8. The summed E-state index contributed by atoms with van der Waals surface area (Å²) < 4.78 is 73.6. The van der Waals surface area contributed by atoms with E-state index in [2.05, 4.69) is 45.0 Å². The minimum absolute atomic E-state index is 0.0229. The first-order valence-corrected chi connectivity index (χ1v) is 40.6. The lowest BCUT2D eigenvalue weighted by Gasteiger charge is -2.47. The van der Waals surface area contributed by atoms with Gasteiger partial charge in [0.25, 0.3) is 0 Å². The number of aromatic nitrogens is 6. The summed E-state index contributed by atoms with van der Waals surface area (Å²) >= 11 is 0. The van der Waals surface area contributed by atoms with Crippen molar-refractivity contribution in [1.82, 2.24) is 54.8 Å². The summed E-state index contributed by atoms with van der Waals surface area (Å²) in [6.07, 6.45) is -11.7. The van der Waals surface area contributed by atoms with Gasteiger partial charge < -0.3 is 148 Å². The van der Waals surface area contributed by atoms with E-state index in [0.29, 0.717) is 65.4 Å². The number of hydrogen-bond donors (Lipinski definition) is 19. The zero-order valence-corrected chi connectivity index (χ0v) is 68.1. The number of carbonyl (C=O) groups excluding carboxylic acids is 1. The van der Waals surface area contributed by atoms with Crippen LogP contribution in [0.4, 0.5) is 4.39 Å². The lowest BCUT2D eigenvalue weighted by molar-refractivity contribution is -0.326. The second kappa shape index (κ2) is 51.4. The Morgan fingerprint density at radius 1 is 0.398 bits per heavy atom. The Morgan fingerprint density at radius 2 is 0.675 bits per heavy atom. The van der Waals surface area contributed by atoms with Gasteiger partial charge in [0.1, 0.15) is 61.0 Å². The number of hydrogen-bond acceptors (Lipinski definition) is 39. The molecule has 24 N–H and O–H groups in total. The highest BCUT2D eigenvalue weighted by molar-refractivity contribution is 5.78. The molecule has 6 saturated heterocycles. The van der Waals surface area contributed by atoms with E-state index < -0.39 is 218 Å². The molecule has 0 spiro atoms. The van der Waals surface area contributed by atoms with Crippen molar-refractivity contribution in [3.05, 3.63) is 181 Å². The van der Waals surface area contributed by atoms with E-state index in [1.807, 2.05) is 119 Å². The normalized spacial score (nSPS) is 31.6. The number of aliphatic carboxylic acids is 1. The quantitative estimate of drug-likeness (QED) is 0.0173. The van der Waals surface area contributed by atoms with Gasteiger partial charge in [-0.05, 0) is 92.1 Å². The SMILES string of the molecule is NC1C[C@H](O[C@@H]2OC(CO)[C@@H](O)[C@H](O)C2N)C(CO)O[C@H]1O[C@H]1CC(N)[C@H](O)OC1CO.N[C@H]1[C@H](O[C@H]2C[C@@H](NC(=O)CN(CCN(Cc3ccccn3)Cc3ccccn3)Cc3ccccn3)[C@H](O[C@H]3C[C@@H](N)[C@H](O)O[C@@H]3CO)O[C@@H]2CO)O[C@H](CO)[C@@H](O)[C@@H]1O.O=C(O)CN(CCN(Cc1ccccn1)Cc1ccccn1)Cc1ccccn1.[2H]CF. The Morgan fingerprint density at radius 3 is 1.00 bits per heavy atom. The molecule has 0 aliphatic carbocycles. The number of carbonyl (C=O) groups is 2. The number of nitrogens with two attached hydrogens (primary N) is 5.